The van der Waals surface area contributed by atoms with Gasteiger partial charge in [0.1, 0.15) is 0 Å². The molecule has 9 nitrogen and oxygen atoms in total. The van der Waals surface area contributed by atoms with Crippen LogP contribution in [0.5, 0.6) is 0 Å². The highest BCUT2D eigenvalue weighted by Gasteiger charge is 2.19. The Morgan fingerprint density at radius 3 is 1.19 bits per heavy atom. The topological polar surface area (TPSA) is 184 Å². The van der Waals surface area contributed by atoms with Crippen molar-refractivity contribution in [2.75, 3.05) is 5.32 Å². The summed E-state index contributed by atoms with van der Waals surface area (Å²) in [5, 5.41) is 3.33. The van der Waals surface area contributed by atoms with Gasteiger partial charge < -0.3 is 28.3 Å². The molecule has 0 aliphatic carbocycles. The molecule has 37 heavy (non-hydrogen) atoms. The number of amides is 4. The first-order valence-electron chi connectivity index (χ1n) is 11.1. The lowest BCUT2D eigenvalue weighted by atomic mass is 9.93. The summed E-state index contributed by atoms with van der Waals surface area (Å²) >= 11 is 0. The van der Waals surface area contributed by atoms with E-state index in [1.54, 1.807) is 48.5 Å². The molecule has 0 aliphatic rings. The number of hydrogen-bond acceptors (Lipinski definition) is 5. The van der Waals surface area contributed by atoms with Crippen LogP contribution >= 0.6 is 0 Å². The number of carbonyl (C=O) groups is 4. The number of nitrogens with one attached hydrogen (secondary N) is 1. The molecule has 0 unspecified atom stereocenters. The summed E-state index contributed by atoms with van der Waals surface area (Å²) < 4.78 is 0. The quantitative estimate of drug-likeness (QED) is 0.252. The molecule has 0 atom stereocenters. The van der Waals surface area contributed by atoms with Crippen LogP contribution in [0.4, 0.5) is 11.4 Å². The van der Waals surface area contributed by atoms with E-state index in [0.29, 0.717) is 33.6 Å². The molecule has 0 aromatic heterocycles. The van der Waals surface area contributed by atoms with Crippen molar-refractivity contribution in [2.45, 2.75) is 0 Å². The number of primary amides is 4. The van der Waals surface area contributed by atoms with Gasteiger partial charge in [0.25, 0.3) is 0 Å². The van der Waals surface area contributed by atoms with Gasteiger partial charge >= 0.3 is 0 Å². The van der Waals surface area contributed by atoms with Crippen LogP contribution in [0.25, 0.3) is 22.3 Å². The van der Waals surface area contributed by atoms with Gasteiger partial charge in [-0.3, -0.25) is 19.2 Å². The van der Waals surface area contributed by atoms with Gasteiger partial charge in [-0.1, -0.05) is 36.4 Å². The van der Waals surface area contributed by atoms with Crippen LogP contribution in [-0.2, 0) is 0 Å². The molecule has 0 bridgehead atoms. The summed E-state index contributed by atoms with van der Waals surface area (Å²) in [5.41, 5.74) is 26.1. The molecule has 0 radical (unpaired) electrons. The van der Waals surface area contributed by atoms with Crippen LogP contribution in [0.2, 0.25) is 0 Å². The first-order chi connectivity index (χ1) is 17.7. The van der Waals surface area contributed by atoms with Gasteiger partial charge in [0.15, 0.2) is 0 Å². The number of carbonyl (C=O) groups excluding carboxylic acids is 4. The van der Waals surface area contributed by atoms with Crippen LogP contribution in [0.1, 0.15) is 41.4 Å². The molecular formula is C28H23N5O4. The van der Waals surface area contributed by atoms with Crippen molar-refractivity contribution < 1.29 is 19.2 Å². The van der Waals surface area contributed by atoms with Gasteiger partial charge in [0.2, 0.25) is 23.6 Å². The van der Waals surface area contributed by atoms with Crippen molar-refractivity contribution in [1.29, 1.82) is 0 Å². The summed E-state index contributed by atoms with van der Waals surface area (Å²) in [6.45, 7) is 0. The van der Waals surface area contributed by atoms with Crippen LogP contribution in [0.3, 0.4) is 0 Å². The molecule has 0 saturated carbocycles. The Kier molecular flexibility index (Phi) is 6.70. The minimum atomic E-state index is -0.671. The van der Waals surface area contributed by atoms with Crippen LogP contribution in [0, 0.1) is 0 Å². The molecule has 4 aromatic carbocycles. The zero-order valence-electron chi connectivity index (χ0n) is 19.5. The fourth-order valence-corrected chi connectivity index (χ4v) is 4.07. The Morgan fingerprint density at radius 1 is 0.459 bits per heavy atom. The van der Waals surface area contributed by atoms with Gasteiger partial charge in [-0.25, -0.2) is 0 Å². The highest BCUT2D eigenvalue weighted by molar-refractivity contribution is 6.06. The maximum atomic E-state index is 12.2. The average molecular weight is 494 g/mol. The first kappa shape index (κ1) is 24.7. The van der Waals surface area contributed by atoms with Crippen molar-refractivity contribution in [3.8, 4) is 22.3 Å². The number of hydrogen-bond donors (Lipinski definition) is 5. The Balaban J connectivity index is 1.89. The second-order valence-corrected chi connectivity index (χ2v) is 8.19. The van der Waals surface area contributed by atoms with Crippen molar-refractivity contribution in [3.05, 3.63) is 107 Å². The van der Waals surface area contributed by atoms with E-state index in [4.69, 9.17) is 22.9 Å². The normalized spacial score (nSPS) is 10.5. The third kappa shape index (κ3) is 5.01. The molecular weight excluding hydrogens is 470 g/mol. The minimum absolute atomic E-state index is 0.206. The average Bonchev–Trinajstić information content (AvgIpc) is 2.88. The predicted octanol–water partition coefficient (Wildman–Crippen LogP) is 3.16. The smallest absolute Gasteiger partial charge is 0.249 e. The van der Waals surface area contributed by atoms with Gasteiger partial charge in [-0.2, -0.15) is 0 Å². The third-order valence-corrected chi connectivity index (χ3v) is 5.84. The van der Waals surface area contributed by atoms with E-state index < -0.39 is 23.6 Å². The molecule has 4 rings (SSSR count). The molecule has 9 N–H and O–H groups in total. The Labute approximate surface area is 212 Å². The lowest BCUT2D eigenvalue weighted by molar-refractivity contribution is 0.0989. The second kappa shape index (κ2) is 10.0. The first-order valence-corrected chi connectivity index (χ1v) is 11.1. The molecule has 0 aliphatic heterocycles. The maximum absolute atomic E-state index is 12.2. The fraction of sp³-hybridized carbons (Fsp3) is 0. The van der Waals surface area contributed by atoms with E-state index in [1.807, 2.05) is 0 Å². The molecule has 4 aromatic rings. The van der Waals surface area contributed by atoms with E-state index in [2.05, 4.69) is 5.32 Å². The van der Waals surface area contributed by atoms with E-state index in [9.17, 15) is 19.2 Å². The van der Waals surface area contributed by atoms with Crippen LogP contribution in [0.15, 0.2) is 84.9 Å². The number of benzene rings is 4. The van der Waals surface area contributed by atoms with E-state index >= 15 is 0 Å². The Hall–Kier alpha value is -5.44. The number of rotatable bonds is 8. The molecule has 0 saturated heterocycles. The zero-order valence-corrected chi connectivity index (χ0v) is 19.5. The van der Waals surface area contributed by atoms with E-state index in [0.717, 1.165) is 0 Å². The predicted molar refractivity (Wildman–Crippen MR) is 141 cm³/mol. The highest BCUT2D eigenvalue weighted by Crippen LogP contribution is 2.37. The van der Waals surface area contributed by atoms with Gasteiger partial charge in [0.05, 0.1) is 0 Å². The summed E-state index contributed by atoms with van der Waals surface area (Å²) in [6, 6.07) is 23.0. The second-order valence-electron chi connectivity index (χ2n) is 8.19. The zero-order chi connectivity index (χ0) is 26.7. The van der Waals surface area contributed by atoms with Crippen molar-refractivity contribution in [1.82, 2.24) is 0 Å². The lowest BCUT2D eigenvalue weighted by Gasteiger charge is -2.18. The van der Waals surface area contributed by atoms with E-state index in [1.165, 1.54) is 36.4 Å². The third-order valence-electron chi connectivity index (χ3n) is 5.84. The SMILES string of the molecule is NC(=O)c1ccc(C(N)=O)c(-c2ccccc2Nc2ccccc2-c2cc(C(N)=O)ccc2C(N)=O)c1. The number of para-hydroxylation sites is 2. The van der Waals surface area contributed by atoms with Gasteiger partial charge in [-0.15, -0.1) is 0 Å². The maximum Gasteiger partial charge on any atom is 0.249 e. The lowest BCUT2D eigenvalue weighted by Crippen LogP contribution is -2.16. The van der Waals surface area contributed by atoms with E-state index in [-0.39, 0.29) is 22.3 Å². The Bertz CT molecular complexity index is 1460. The monoisotopic (exact) mass is 493 g/mol. The fourth-order valence-electron chi connectivity index (χ4n) is 4.07. The van der Waals surface area contributed by atoms with Gasteiger partial charge in [-0.05, 0) is 59.7 Å². The summed E-state index contributed by atoms with van der Waals surface area (Å²) in [5.74, 6) is -2.64. The van der Waals surface area contributed by atoms with Gasteiger partial charge in [0, 0.05) is 44.8 Å². The molecule has 184 valence electrons. The largest absolute Gasteiger partial charge is 0.366 e. The summed E-state index contributed by atoms with van der Waals surface area (Å²) in [7, 11) is 0. The van der Waals surface area contributed by atoms with Crippen molar-refractivity contribution in [2.24, 2.45) is 22.9 Å². The minimum Gasteiger partial charge on any atom is -0.366 e. The number of anilines is 2. The number of nitrogens with two attached hydrogens (primary N) is 4. The molecule has 9 heteroatoms. The highest BCUT2D eigenvalue weighted by atomic mass is 16.2. The van der Waals surface area contributed by atoms with Crippen LogP contribution < -0.4 is 28.3 Å². The molecule has 0 fully saturated rings. The van der Waals surface area contributed by atoms with Crippen LogP contribution in [-0.4, -0.2) is 23.6 Å². The van der Waals surface area contributed by atoms with Crippen molar-refractivity contribution in [3.63, 3.8) is 0 Å². The standard InChI is InChI=1S/C28H23N5O4/c29-25(34)15-9-11-19(27(31)36)21(13-15)17-5-1-3-7-23(17)33-24-8-4-2-6-18(24)22-14-16(26(30)35)10-12-20(22)28(32)37/h1-14,33H,(H2,29,34)(H2,30,35)(H2,31,36)(H2,32,37). The van der Waals surface area contributed by atoms with Crippen molar-refractivity contribution >= 4 is 35.0 Å². The molecule has 0 heterocycles. The molecule has 4 amide bonds. The Morgan fingerprint density at radius 2 is 0.838 bits per heavy atom. The summed E-state index contributed by atoms with van der Waals surface area (Å²) in [6.07, 6.45) is 0. The summed E-state index contributed by atoms with van der Waals surface area (Å²) in [4.78, 5) is 48.0. The molecule has 0 spiro atoms.